The number of hydrogen-bond donors (Lipinski definition) is 2. The molecule has 1 amide bonds. The number of para-hydroxylation sites is 1. The SMILES string of the molecule is CC1=C(C(=O)Nc2cc(C)on2)[C@@H](c2cccc([N+](=O)[O-])c2)NC(=S)N1c1ccccc1. The number of non-ortho nitro benzene ring substituents is 1. The molecule has 10 heteroatoms. The Kier molecular flexibility index (Phi) is 5.69. The largest absolute Gasteiger partial charge is 0.360 e. The smallest absolute Gasteiger partial charge is 0.269 e. The van der Waals surface area contributed by atoms with E-state index in [2.05, 4.69) is 15.8 Å². The van der Waals surface area contributed by atoms with Crippen LogP contribution in [0.5, 0.6) is 0 Å². The van der Waals surface area contributed by atoms with Crippen molar-refractivity contribution in [3.8, 4) is 0 Å². The molecular weight excluding hydrogens is 430 g/mol. The minimum absolute atomic E-state index is 0.0785. The Morgan fingerprint density at radius 2 is 1.94 bits per heavy atom. The molecule has 162 valence electrons. The molecule has 2 aromatic carbocycles. The summed E-state index contributed by atoms with van der Waals surface area (Å²) >= 11 is 5.61. The van der Waals surface area contributed by atoms with Crippen LogP contribution in [0, 0.1) is 17.0 Å². The van der Waals surface area contributed by atoms with Crippen LogP contribution in [-0.4, -0.2) is 21.1 Å². The van der Waals surface area contributed by atoms with Crippen LogP contribution in [0.15, 0.2) is 76.5 Å². The molecular formula is C22H19N5O4S. The summed E-state index contributed by atoms with van der Waals surface area (Å²) in [5.74, 6) is 0.392. The maximum Gasteiger partial charge on any atom is 0.269 e. The molecule has 0 bridgehead atoms. The van der Waals surface area contributed by atoms with Gasteiger partial charge in [0.1, 0.15) is 5.76 Å². The van der Waals surface area contributed by atoms with Crippen molar-refractivity contribution in [1.29, 1.82) is 0 Å². The fraction of sp³-hybridized carbons (Fsp3) is 0.136. The number of anilines is 2. The predicted octanol–water partition coefficient (Wildman–Crippen LogP) is 4.24. The fourth-order valence-corrected chi connectivity index (χ4v) is 3.96. The lowest BCUT2D eigenvalue weighted by atomic mass is 9.93. The first-order chi connectivity index (χ1) is 15.3. The second-order valence-corrected chi connectivity index (χ2v) is 7.57. The number of hydrogen-bond acceptors (Lipinski definition) is 6. The van der Waals surface area contributed by atoms with E-state index in [0.717, 1.165) is 5.69 Å². The van der Waals surface area contributed by atoms with Crippen molar-refractivity contribution in [2.24, 2.45) is 0 Å². The van der Waals surface area contributed by atoms with Gasteiger partial charge in [-0.2, -0.15) is 0 Å². The Morgan fingerprint density at radius 3 is 2.59 bits per heavy atom. The lowest BCUT2D eigenvalue weighted by molar-refractivity contribution is -0.384. The third-order valence-electron chi connectivity index (χ3n) is 5.03. The first-order valence-corrected chi connectivity index (χ1v) is 10.1. The third kappa shape index (κ3) is 4.08. The molecule has 1 atom stereocenters. The van der Waals surface area contributed by atoms with Gasteiger partial charge in [0.05, 0.1) is 16.5 Å². The van der Waals surface area contributed by atoms with E-state index in [1.165, 1.54) is 12.1 Å². The molecule has 9 nitrogen and oxygen atoms in total. The van der Waals surface area contributed by atoms with E-state index < -0.39 is 16.9 Å². The average molecular weight is 449 g/mol. The van der Waals surface area contributed by atoms with E-state index in [-0.39, 0.29) is 11.5 Å². The number of nitro groups is 1. The van der Waals surface area contributed by atoms with Gasteiger partial charge in [0.2, 0.25) is 0 Å². The Bertz CT molecular complexity index is 1240. The van der Waals surface area contributed by atoms with Gasteiger partial charge in [0.25, 0.3) is 11.6 Å². The van der Waals surface area contributed by atoms with Crippen LogP contribution >= 0.6 is 12.2 Å². The van der Waals surface area contributed by atoms with Crippen LogP contribution in [0.25, 0.3) is 0 Å². The topological polar surface area (TPSA) is 114 Å². The predicted molar refractivity (Wildman–Crippen MR) is 123 cm³/mol. The number of nitrogens with zero attached hydrogens (tertiary/aromatic N) is 3. The second-order valence-electron chi connectivity index (χ2n) is 7.18. The molecule has 1 aliphatic rings. The summed E-state index contributed by atoms with van der Waals surface area (Å²) in [6, 6.07) is 16.4. The lowest BCUT2D eigenvalue weighted by Gasteiger charge is -2.37. The van der Waals surface area contributed by atoms with E-state index in [4.69, 9.17) is 16.7 Å². The minimum atomic E-state index is -0.699. The van der Waals surface area contributed by atoms with Crippen molar-refractivity contribution < 1.29 is 14.2 Å². The number of thiocarbonyl (C=S) groups is 1. The summed E-state index contributed by atoms with van der Waals surface area (Å²) in [5.41, 5.74) is 2.18. The molecule has 0 saturated carbocycles. The standard InChI is InChI=1S/C22H19N5O4S/c1-13-11-18(25-31-13)23-21(28)19-14(2)26(16-8-4-3-5-9-16)22(32)24-20(19)15-7-6-10-17(12-15)27(29)30/h3-12,20H,1-2H3,(H,24,32)(H,23,25,28)/t20-/m1/s1. The summed E-state index contributed by atoms with van der Waals surface area (Å²) < 4.78 is 5.04. The zero-order valence-corrected chi connectivity index (χ0v) is 18.1. The highest BCUT2D eigenvalue weighted by Crippen LogP contribution is 2.35. The second kappa shape index (κ2) is 8.60. The van der Waals surface area contributed by atoms with Crippen LogP contribution in [0.4, 0.5) is 17.2 Å². The quantitative estimate of drug-likeness (QED) is 0.338. The van der Waals surface area contributed by atoms with Gasteiger partial charge < -0.3 is 15.2 Å². The van der Waals surface area contributed by atoms with Gasteiger partial charge in [0.15, 0.2) is 10.9 Å². The van der Waals surface area contributed by atoms with Crippen LogP contribution in [0.3, 0.4) is 0 Å². The number of nitrogens with one attached hydrogen (secondary N) is 2. The first-order valence-electron chi connectivity index (χ1n) is 9.70. The van der Waals surface area contributed by atoms with Crippen molar-refractivity contribution in [2.75, 3.05) is 10.2 Å². The van der Waals surface area contributed by atoms with Gasteiger partial charge in [0, 0.05) is 29.6 Å². The molecule has 0 fully saturated rings. The third-order valence-corrected chi connectivity index (χ3v) is 5.33. The zero-order chi connectivity index (χ0) is 22.8. The van der Waals surface area contributed by atoms with Gasteiger partial charge >= 0.3 is 0 Å². The molecule has 0 radical (unpaired) electrons. The fourth-order valence-electron chi connectivity index (χ4n) is 3.60. The Balaban J connectivity index is 1.82. The van der Waals surface area contributed by atoms with Crippen molar-refractivity contribution in [2.45, 2.75) is 19.9 Å². The van der Waals surface area contributed by atoms with E-state index in [0.29, 0.717) is 27.7 Å². The number of carbonyl (C=O) groups excluding carboxylic acids is 1. The number of nitro benzene ring substituents is 1. The van der Waals surface area contributed by atoms with Crippen LogP contribution in [0.2, 0.25) is 0 Å². The summed E-state index contributed by atoms with van der Waals surface area (Å²) in [4.78, 5) is 26.0. The molecule has 0 unspecified atom stereocenters. The lowest BCUT2D eigenvalue weighted by Crippen LogP contribution is -2.48. The molecule has 2 heterocycles. The van der Waals surface area contributed by atoms with E-state index in [1.807, 2.05) is 30.3 Å². The summed E-state index contributed by atoms with van der Waals surface area (Å²) in [7, 11) is 0. The molecule has 0 saturated heterocycles. The number of aryl methyl sites for hydroxylation is 1. The van der Waals surface area contributed by atoms with Gasteiger partial charge in [-0.1, -0.05) is 35.5 Å². The average Bonchev–Trinajstić information content (AvgIpc) is 3.18. The summed E-state index contributed by atoms with van der Waals surface area (Å²) in [6.07, 6.45) is 0. The van der Waals surface area contributed by atoms with Gasteiger partial charge in [-0.3, -0.25) is 19.8 Å². The Morgan fingerprint density at radius 1 is 1.19 bits per heavy atom. The number of aromatic nitrogens is 1. The number of benzene rings is 2. The molecule has 4 rings (SSSR count). The van der Waals surface area contributed by atoms with E-state index in [1.54, 1.807) is 36.9 Å². The molecule has 2 N–H and O–H groups in total. The molecule has 0 spiro atoms. The van der Waals surface area contributed by atoms with Crippen LogP contribution in [-0.2, 0) is 4.79 Å². The Labute approximate surface area is 188 Å². The molecule has 1 aliphatic heterocycles. The van der Waals surface area contributed by atoms with Crippen LogP contribution in [0.1, 0.15) is 24.3 Å². The number of amides is 1. The summed E-state index contributed by atoms with van der Waals surface area (Å²) in [6.45, 7) is 3.50. The highest BCUT2D eigenvalue weighted by Gasteiger charge is 2.35. The zero-order valence-electron chi connectivity index (χ0n) is 17.2. The van der Waals surface area contributed by atoms with Crippen molar-refractivity contribution in [1.82, 2.24) is 10.5 Å². The Hall–Kier alpha value is -4.05. The number of carbonyl (C=O) groups is 1. The van der Waals surface area contributed by atoms with Gasteiger partial charge in [-0.25, -0.2) is 0 Å². The van der Waals surface area contributed by atoms with Gasteiger partial charge in [-0.05, 0) is 43.8 Å². The van der Waals surface area contributed by atoms with E-state index >= 15 is 0 Å². The number of rotatable bonds is 5. The highest BCUT2D eigenvalue weighted by molar-refractivity contribution is 7.80. The molecule has 0 aliphatic carbocycles. The molecule has 1 aromatic heterocycles. The van der Waals surface area contributed by atoms with Crippen molar-refractivity contribution in [3.63, 3.8) is 0 Å². The highest BCUT2D eigenvalue weighted by atomic mass is 32.1. The van der Waals surface area contributed by atoms with E-state index in [9.17, 15) is 14.9 Å². The summed E-state index contributed by atoms with van der Waals surface area (Å²) in [5, 5.41) is 21.4. The monoisotopic (exact) mass is 449 g/mol. The van der Waals surface area contributed by atoms with Crippen molar-refractivity contribution in [3.05, 3.63) is 93.4 Å². The molecule has 3 aromatic rings. The molecule has 32 heavy (non-hydrogen) atoms. The maximum atomic E-state index is 13.4. The minimum Gasteiger partial charge on any atom is -0.360 e. The van der Waals surface area contributed by atoms with Crippen molar-refractivity contribution >= 4 is 40.4 Å². The number of allylic oxidation sites excluding steroid dienone is 1. The normalized spacial score (nSPS) is 16.0. The van der Waals surface area contributed by atoms with Gasteiger partial charge in [-0.15, -0.1) is 0 Å². The van der Waals surface area contributed by atoms with Crippen LogP contribution < -0.4 is 15.5 Å². The first kappa shape index (κ1) is 21.2. The maximum absolute atomic E-state index is 13.4.